The molecular formula is C16H12F2O2. The first kappa shape index (κ1) is 13.9. The van der Waals surface area contributed by atoms with Crippen LogP contribution in [0.5, 0.6) is 0 Å². The minimum atomic E-state index is -1.15. The second-order valence-electron chi connectivity index (χ2n) is 4.37. The zero-order valence-corrected chi connectivity index (χ0v) is 10.7. The van der Waals surface area contributed by atoms with E-state index < -0.39 is 11.8 Å². The van der Waals surface area contributed by atoms with Crippen molar-refractivity contribution in [1.29, 1.82) is 0 Å². The molecule has 0 amide bonds. The van der Waals surface area contributed by atoms with Gasteiger partial charge in [-0.25, -0.2) is 13.6 Å². The Labute approximate surface area is 115 Å². The van der Waals surface area contributed by atoms with Gasteiger partial charge in [-0.2, -0.15) is 0 Å². The third-order valence-electron chi connectivity index (χ3n) is 2.87. The van der Waals surface area contributed by atoms with Gasteiger partial charge in [0.2, 0.25) is 0 Å². The van der Waals surface area contributed by atoms with Gasteiger partial charge in [0.15, 0.2) is 0 Å². The Morgan fingerprint density at radius 3 is 2.40 bits per heavy atom. The van der Waals surface area contributed by atoms with Crippen LogP contribution in [0.1, 0.15) is 16.7 Å². The molecule has 0 saturated carbocycles. The van der Waals surface area contributed by atoms with Crippen LogP contribution in [0.2, 0.25) is 0 Å². The molecule has 0 atom stereocenters. The molecule has 0 spiro atoms. The monoisotopic (exact) mass is 274 g/mol. The average molecular weight is 274 g/mol. The molecule has 0 fully saturated rings. The Kier molecular flexibility index (Phi) is 3.94. The van der Waals surface area contributed by atoms with Crippen molar-refractivity contribution < 1.29 is 18.7 Å². The van der Waals surface area contributed by atoms with Crippen molar-refractivity contribution in [2.45, 2.75) is 6.92 Å². The summed E-state index contributed by atoms with van der Waals surface area (Å²) in [6.07, 6.45) is 0.988. The normalized spacial score (nSPS) is 11.4. The van der Waals surface area contributed by atoms with Crippen LogP contribution >= 0.6 is 0 Å². The van der Waals surface area contributed by atoms with E-state index in [1.807, 2.05) is 0 Å². The van der Waals surface area contributed by atoms with Crippen LogP contribution in [-0.4, -0.2) is 11.1 Å². The van der Waals surface area contributed by atoms with Gasteiger partial charge in [0.25, 0.3) is 0 Å². The summed E-state index contributed by atoms with van der Waals surface area (Å²) in [5.41, 5.74) is 1.69. The van der Waals surface area contributed by atoms with Gasteiger partial charge in [0.05, 0.1) is 0 Å². The zero-order valence-electron chi connectivity index (χ0n) is 10.7. The molecule has 2 rings (SSSR count). The van der Waals surface area contributed by atoms with E-state index >= 15 is 0 Å². The molecule has 1 N–H and O–H groups in total. The van der Waals surface area contributed by atoms with E-state index in [1.165, 1.54) is 36.4 Å². The number of aliphatic carboxylic acids is 1. The molecule has 0 aliphatic rings. The predicted molar refractivity (Wildman–Crippen MR) is 72.3 cm³/mol. The van der Waals surface area contributed by atoms with Crippen molar-refractivity contribution in [3.63, 3.8) is 0 Å². The second kappa shape index (κ2) is 5.65. The summed E-state index contributed by atoms with van der Waals surface area (Å²) in [5.74, 6) is -1.98. The summed E-state index contributed by atoms with van der Waals surface area (Å²) < 4.78 is 26.6. The molecule has 2 aromatic rings. The van der Waals surface area contributed by atoms with Gasteiger partial charge in [0, 0.05) is 6.08 Å². The highest BCUT2D eigenvalue weighted by atomic mass is 19.1. The summed E-state index contributed by atoms with van der Waals surface area (Å²) in [6, 6.07) is 9.90. The van der Waals surface area contributed by atoms with Crippen LogP contribution in [0.25, 0.3) is 5.57 Å². The molecule has 102 valence electrons. The molecule has 0 unspecified atom stereocenters. The highest BCUT2D eigenvalue weighted by Crippen LogP contribution is 2.25. The predicted octanol–water partition coefficient (Wildman–Crippen LogP) is 3.79. The number of benzene rings is 2. The number of halogens is 2. The minimum absolute atomic E-state index is 0.333. The maximum absolute atomic E-state index is 13.3. The van der Waals surface area contributed by atoms with Crippen molar-refractivity contribution in [2.24, 2.45) is 0 Å². The van der Waals surface area contributed by atoms with E-state index in [1.54, 1.807) is 13.0 Å². The lowest BCUT2D eigenvalue weighted by molar-refractivity contribution is -0.131. The third-order valence-corrected chi connectivity index (χ3v) is 2.87. The van der Waals surface area contributed by atoms with Crippen LogP contribution in [0, 0.1) is 18.6 Å². The quantitative estimate of drug-likeness (QED) is 0.865. The Morgan fingerprint density at radius 1 is 1.10 bits per heavy atom. The number of aryl methyl sites for hydroxylation is 1. The maximum Gasteiger partial charge on any atom is 0.328 e. The van der Waals surface area contributed by atoms with Gasteiger partial charge >= 0.3 is 5.97 Å². The molecule has 0 radical (unpaired) electrons. The average Bonchev–Trinajstić information content (AvgIpc) is 2.39. The van der Waals surface area contributed by atoms with Crippen LogP contribution < -0.4 is 0 Å². The smallest absolute Gasteiger partial charge is 0.328 e. The summed E-state index contributed by atoms with van der Waals surface area (Å²) in [4.78, 5) is 10.9. The lowest BCUT2D eigenvalue weighted by Gasteiger charge is -2.09. The number of hydrogen-bond acceptors (Lipinski definition) is 1. The topological polar surface area (TPSA) is 37.3 Å². The molecule has 0 aromatic heterocycles. The lowest BCUT2D eigenvalue weighted by Crippen LogP contribution is -1.96. The molecule has 0 bridgehead atoms. The molecule has 2 nitrogen and oxygen atoms in total. The zero-order chi connectivity index (χ0) is 14.7. The van der Waals surface area contributed by atoms with Gasteiger partial charge in [-0.1, -0.05) is 18.2 Å². The molecule has 0 heterocycles. The number of carbonyl (C=O) groups is 1. The standard InChI is InChI=1S/C16H12F2O2/c1-10-7-12(5-6-15(10)18)14(9-16(19)20)11-3-2-4-13(17)8-11/h2-9H,1H3,(H,19,20)/b14-9+. The van der Waals surface area contributed by atoms with Crippen LogP contribution in [0.4, 0.5) is 8.78 Å². The second-order valence-corrected chi connectivity index (χ2v) is 4.37. The van der Waals surface area contributed by atoms with Gasteiger partial charge in [-0.15, -0.1) is 0 Å². The van der Waals surface area contributed by atoms with Crippen molar-refractivity contribution >= 4 is 11.5 Å². The largest absolute Gasteiger partial charge is 0.478 e. The number of carboxylic acids is 1. The molecule has 0 aliphatic carbocycles. The summed E-state index contributed by atoms with van der Waals surface area (Å²) >= 11 is 0. The fourth-order valence-electron chi connectivity index (χ4n) is 1.93. The van der Waals surface area contributed by atoms with E-state index in [-0.39, 0.29) is 5.82 Å². The van der Waals surface area contributed by atoms with E-state index in [2.05, 4.69) is 0 Å². The van der Waals surface area contributed by atoms with Crippen LogP contribution in [0.3, 0.4) is 0 Å². The lowest BCUT2D eigenvalue weighted by atomic mass is 9.96. The highest BCUT2D eigenvalue weighted by molar-refractivity contribution is 5.95. The molecular weight excluding hydrogens is 262 g/mol. The summed E-state index contributed by atoms with van der Waals surface area (Å²) in [7, 11) is 0. The molecule has 20 heavy (non-hydrogen) atoms. The summed E-state index contributed by atoms with van der Waals surface area (Å²) in [5, 5.41) is 8.96. The van der Waals surface area contributed by atoms with E-state index in [0.29, 0.717) is 22.3 Å². The summed E-state index contributed by atoms with van der Waals surface area (Å²) in [6.45, 7) is 1.59. The number of hydrogen-bond donors (Lipinski definition) is 1. The minimum Gasteiger partial charge on any atom is -0.478 e. The Balaban J connectivity index is 2.59. The molecule has 0 saturated heterocycles. The van der Waals surface area contributed by atoms with Crippen LogP contribution in [-0.2, 0) is 4.79 Å². The number of rotatable bonds is 3. The fourth-order valence-corrected chi connectivity index (χ4v) is 1.93. The highest BCUT2D eigenvalue weighted by Gasteiger charge is 2.10. The van der Waals surface area contributed by atoms with Gasteiger partial charge in [-0.3, -0.25) is 0 Å². The van der Waals surface area contributed by atoms with Gasteiger partial charge in [0.1, 0.15) is 11.6 Å². The van der Waals surface area contributed by atoms with Crippen molar-refractivity contribution in [3.05, 3.63) is 76.9 Å². The van der Waals surface area contributed by atoms with Crippen molar-refractivity contribution in [3.8, 4) is 0 Å². The first-order chi connectivity index (χ1) is 9.47. The Morgan fingerprint density at radius 2 is 1.80 bits per heavy atom. The van der Waals surface area contributed by atoms with Crippen LogP contribution in [0.15, 0.2) is 48.5 Å². The van der Waals surface area contributed by atoms with E-state index in [9.17, 15) is 13.6 Å². The first-order valence-corrected chi connectivity index (χ1v) is 5.94. The first-order valence-electron chi connectivity index (χ1n) is 5.94. The molecule has 4 heteroatoms. The van der Waals surface area contributed by atoms with Gasteiger partial charge in [-0.05, 0) is 53.5 Å². The SMILES string of the molecule is Cc1cc(/C(=C/C(=O)O)c2cccc(F)c2)ccc1F. The fraction of sp³-hybridized carbons (Fsp3) is 0.0625. The van der Waals surface area contributed by atoms with Crippen molar-refractivity contribution in [1.82, 2.24) is 0 Å². The third kappa shape index (κ3) is 3.09. The number of carboxylic acid groups (broad SMARTS) is 1. The van der Waals surface area contributed by atoms with Gasteiger partial charge < -0.3 is 5.11 Å². The molecule has 0 aliphatic heterocycles. The maximum atomic E-state index is 13.3. The van der Waals surface area contributed by atoms with E-state index in [4.69, 9.17) is 5.11 Å². The Hall–Kier alpha value is -2.49. The molecule has 2 aromatic carbocycles. The van der Waals surface area contributed by atoms with E-state index in [0.717, 1.165) is 6.08 Å². The Bertz CT molecular complexity index is 691. The van der Waals surface area contributed by atoms with Crippen molar-refractivity contribution in [2.75, 3.05) is 0 Å².